The van der Waals surface area contributed by atoms with E-state index in [-0.39, 0.29) is 54.1 Å². The first-order valence-electron chi connectivity index (χ1n) is 11.8. The van der Waals surface area contributed by atoms with Crippen LogP contribution in [0, 0.1) is 23.7 Å². The number of nitrogens with zero attached hydrogens (tertiary/aromatic N) is 1. The highest BCUT2D eigenvalue weighted by Gasteiger charge is 2.33. The summed E-state index contributed by atoms with van der Waals surface area (Å²) in [5.74, 6) is -0.279. The fourth-order valence-corrected chi connectivity index (χ4v) is 3.86. The third-order valence-electron chi connectivity index (χ3n) is 6.24. The molecule has 0 aromatic carbocycles. The summed E-state index contributed by atoms with van der Waals surface area (Å²) >= 11 is 0. The first kappa shape index (κ1) is 30.6. The van der Waals surface area contributed by atoms with Crippen LogP contribution in [-0.2, 0) is 23.8 Å². The van der Waals surface area contributed by atoms with E-state index in [0.29, 0.717) is 19.3 Å². The first-order chi connectivity index (χ1) is 15.0. The lowest BCUT2D eigenvalue weighted by atomic mass is 9.84. The smallest absolute Gasteiger partial charge is 0.308 e. The van der Waals surface area contributed by atoms with Crippen molar-refractivity contribution in [1.82, 2.24) is 4.90 Å². The van der Waals surface area contributed by atoms with Crippen LogP contribution in [0.25, 0.3) is 0 Å². The number of carbonyl (C=O) groups is 2. The largest absolute Gasteiger partial charge is 0.462 e. The molecule has 1 amide bonds. The molecule has 7 heteroatoms. The molecular weight excluding hydrogens is 410 g/mol. The van der Waals surface area contributed by atoms with Gasteiger partial charge in [-0.1, -0.05) is 47.6 Å². The zero-order valence-corrected chi connectivity index (χ0v) is 21.6. The normalized spacial score (nSPS) is 18.6. The van der Waals surface area contributed by atoms with Gasteiger partial charge < -0.3 is 24.2 Å². The van der Waals surface area contributed by atoms with Gasteiger partial charge in [0, 0.05) is 39.3 Å². The van der Waals surface area contributed by atoms with Crippen molar-refractivity contribution in [3.8, 4) is 0 Å². The van der Waals surface area contributed by atoms with Gasteiger partial charge in [-0.2, -0.15) is 0 Å². The highest BCUT2D eigenvalue weighted by atomic mass is 16.5. The molecule has 0 aliphatic rings. The average molecular weight is 458 g/mol. The van der Waals surface area contributed by atoms with E-state index in [9.17, 15) is 14.7 Å². The predicted molar refractivity (Wildman–Crippen MR) is 127 cm³/mol. The van der Waals surface area contributed by atoms with Crippen LogP contribution in [0.2, 0.25) is 0 Å². The van der Waals surface area contributed by atoms with Crippen LogP contribution in [0.1, 0.15) is 67.2 Å². The highest BCUT2D eigenvalue weighted by molar-refractivity contribution is 5.71. The minimum absolute atomic E-state index is 0.0153. The molecule has 0 aliphatic carbocycles. The van der Waals surface area contributed by atoms with Crippen LogP contribution in [0.3, 0.4) is 0 Å². The van der Waals surface area contributed by atoms with E-state index in [1.165, 1.54) is 4.90 Å². The van der Waals surface area contributed by atoms with Crippen molar-refractivity contribution in [2.45, 2.75) is 91.6 Å². The van der Waals surface area contributed by atoms with Gasteiger partial charge in [-0.15, -0.1) is 0 Å². The van der Waals surface area contributed by atoms with Crippen LogP contribution in [0.5, 0.6) is 0 Å². The van der Waals surface area contributed by atoms with Crippen LogP contribution in [0.15, 0.2) is 12.3 Å². The number of esters is 1. The maximum atomic E-state index is 12.4. The Bertz CT molecular complexity index is 553. The number of aliphatic hydroxyl groups is 1. The Kier molecular flexibility index (Phi) is 15.5. The molecule has 0 radical (unpaired) electrons. The van der Waals surface area contributed by atoms with Gasteiger partial charge in [-0.25, -0.2) is 0 Å². The number of aliphatic hydroxyl groups excluding tert-OH is 1. The average Bonchev–Trinajstić information content (AvgIpc) is 2.77. The Hall–Kier alpha value is -1.44. The SMILES string of the molecule is CC[C@@H](O)C[C@H](OC)[C@@H](C)CCC(OC(=O)C(C)C)[C@H](C)[C@H](OC)[C@H](C)/C=C/N(C)C=O. The van der Waals surface area contributed by atoms with Gasteiger partial charge in [0.1, 0.15) is 6.10 Å². The third kappa shape index (κ3) is 10.9. The van der Waals surface area contributed by atoms with Gasteiger partial charge in [0.25, 0.3) is 0 Å². The Labute approximate surface area is 195 Å². The molecule has 7 atom stereocenters. The van der Waals surface area contributed by atoms with Crippen molar-refractivity contribution in [1.29, 1.82) is 0 Å². The summed E-state index contributed by atoms with van der Waals surface area (Å²) < 4.78 is 17.4. The number of ether oxygens (including phenoxy) is 3. The minimum atomic E-state index is -0.383. The van der Waals surface area contributed by atoms with Crippen molar-refractivity contribution in [2.24, 2.45) is 23.7 Å². The quantitative estimate of drug-likeness (QED) is 0.262. The van der Waals surface area contributed by atoms with E-state index in [0.717, 1.165) is 12.8 Å². The highest BCUT2D eigenvalue weighted by Crippen LogP contribution is 2.29. The molecule has 0 spiro atoms. The second kappa shape index (κ2) is 16.2. The summed E-state index contributed by atoms with van der Waals surface area (Å²) in [5, 5.41) is 10.0. The molecule has 1 unspecified atom stereocenters. The summed E-state index contributed by atoms with van der Waals surface area (Å²) in [6.45, 7) is 11.8. The van der Waals surface area contributed by atoms with E-state index < -0.39 is 0 Å². The fraction of sp³-hybridized carbons (Fsp3) is 0.840. The van der Waals surface area contributed by atoms with Crippen molar-refractivity contribution < 1.29 is 28.9 Å². The van der Waals surface area contributed by atoms with E-state index in [2.05, 4.69) is 6.92 Å². The molecule has 188 valence electrons. The molecule has 0 bridgehead atoms. The summed E-state index contributed by atoms with van der Waals surface area (Å²) in [5.41, 5.74) is 0. The second-order valence-electron chi connectivity index (χ2n) is 9.29. The lowest BCUT2D eigenvalue weighted by Crippen LogP contribution is -2.39. The molecule has 1 N–H and O–H groups in total. The van der Waals surface area contributed by atoms with Gasteiger partial charge in [-0.3, -0.25) is 9.59 Å². The number of hydrogen-bond donors (Lipinski definition) is 1. The Morgan fingerprint density at radius 3 is 2.12 bits per heavy atom. The molecule has 0 rings (SSSR count). The minimum Gasteiger partial charge on any atom is -0.462 e. The lowest BCUT2D eigenvalue weighted by Gasteiger charge is -2.34. The van der Waals surface area contributed by atoms with Crippen molar-refractivity contribution >= 4 is 12.4 Å². The molecule has 0 aliphatic heterocycles. The van der Waals surface area contributed by atoms with Crippen molar-refractivity contribution in [3.05, 3.63) is 12.3 Å². The topological polar surface area (TPSA) is 85.3 Å². The van der Waals surface area contributed by atoms with E-state index >= 15 is 0 Å². The Balaban J connectivity index is 5.42. The summed E-state index contributed by atoms with van der Waals surface area (Å²) in [7, 11) is 5.01. The number of carbonyl (C=O) groups excluding carboxylic acids is 2. The van der Waals surface area contributed by atoms with E-state index in [4.69, 9.17) is 14.2 Å². The van der Waals surface area contributed by atoms with Gasteiger partial charge in [0.05, 0.1) is 24.2 Å². The van der Waals surface area contributed by atoms with Crippen LogP contribution >= 0.6 is 0 Å². The van der Waals surface area contributed by atoms with Crippen LogP contribution in [-0.4, -0.2) is 68.1 Å². The Morgan fingerprint density at radius 2 is 1.66 bits per heavy atom. The van der Waals surface area contributed by atoms with Gasteiger partial charge in [0.2, 0.25) is 6.41 Å². The second-order valence-corrected chi connectivity index (χ2v) is 9.29. The fourth-order valence-electron chi connectivity index (χ4n) is 3.86. The molecule has 0 heterocycles. The maximum absolute atomic E-state index is 12.4. The monoisotopic (exact) mass is 457 g/mol. The van der Waals surface area contributed by atoms with Crippen LogP contribution in [0.4, 0.5) is 0 Å². The third-order valence-corrected chi connectivity index (χ3v) is 6.24. The Morgan fingerprint density at radius 1 is 1.03 bits per heavy atom. The standard InChI is InChI=1S/C25H47NO6/c1-10-21(28)15-23(30-8)18(4)11-12-22(32-25(29)17(2)3)20(6)24(31-9)19(5)13-14-26(7)16-27/h13-14,16-24,28H,10-12,15H2,1-9H3/b14-13+/t18-,19+,20-,21+,22?,23-,24+/m0/s1. The molecule has 0 aromatic heterocycles. The molecular formula is C25H47NO6. The zero-order chi connectivity index (χ0) is 24.8. The zero-order valence-electron chi connectivity index (χ0n) is 21.6. The lowest BCUT2D eigenvalue weighted by molar-refractivity contribution is -0.159. The molecule has 0 saturated carbocycles. The van der Waals surface area contributed by atoms with E-state index in [1.807, 2.05) is 40.7 Å². The molecule has 0 aromatic rings. The number of amides is 1. The molecule has 7 nitrogen and oxygen atoms in total. The summed E-state index contributed by atoms with van der Waals surface area (Å²) in [6, 6.07) is 0. The van der Waals surface area contributed by atoms with Crippen molar-refractivity contribution in [3.63, 3.8) is 0 Å². The number of methoxy groups -OCH3 is 2. The van der Waals surface area contributed by atoms with Crippen molar-refractivity contribution in [2.75, 3.05) is 21.3 Å². The van der Waals surface area contributed by atoms with Crippen LogP contribution < -0.4 is 0 Å². The van der Waals surface area contributed by atoms with E-state index in [1.54, 1.807) is 27.5 Å². The molecule has 0 saturated heterocycles. The summed E-state index contributed by atoms with van der Waals surface area (Å²) in [4.78, 5) is 24.7. The number of rotatable bonds is 17. The van der Waals surface area contributed by atoms with Gasteiger partial charge >= 0.3 is 5.97 Å². The summed E-state index contributed by atoms with van der Waals surface area (Å²) in [6.07, 6.45) is 6.20. The predicted octanol–water partition coefficient (Wildman–Crippen LogP) is 4.04. The maximum Gasteiger partial charge on any atom is 0.308 e. The number of hydrogen-bond acceptors (Lipinski definition) is 6. The van der Waals surface area contributed by atoms with Gasteiger partial charge in [0.15, 0.2) is 0 Å². The first-order valence-corrected chi connectivity index (χ1v) is 11.8. The molecule has 0 fully saturated rings. The molecule has 32 heavy (non-hydrogen) atoms. The van der Waals surface area contributed by atoms with Gasteiger partial charge in [-0.05, 0) is 31.6 Å².